The van der Waals surface area contributed by atoms with Gasteiger partial charge in [0, 0.05) is 12.6 Å². The minimum atomic E-state index is -0.844. The summed E-state index contributed by atoms with van der Waals surface area (Å²) in [6.45, 7) is 4.13. The Morgan fingerprint density at radius 1 is 1.39 bits per heavy atom. The molecule has 4 N–H and O–H groups in total. The molecule has 0 atom stereocenters. The maximum atomic E-state index is 13.4. The molecular weight excluding hydrogens is 240 g/mol. The Morgan fingerprint density at radius 2 is 2.00 bits per heavy atom. The molecule has 0 heterocycles. The van der Waals surface area contributed by atoms with Crippen LogP contribution < -0.4 is 16.4 Å². The molecule has 1 amide bonds. The molecule has 0 unspecified atom stereocenters. The van der Waals surface area contributed by atoms with Crippen LogP contribution in [-0.2, 0) is 4.79 Å². The number of nitrogen functional groups attached to an aromatic ring is 1. The molecule has 0 saturated carbocycles. The minimum absolute atomic E-state index is 0.134. The number of primary amides is 1. The molecule has 6 heteroatoms. The molecule has 0 aliphatic rings. The lowest BCUT2D eigenvalue weighted by atomic mass is 10.1. The first kappa shape index (κ1) is 14.2. The first-order valence-electron chi connectivity index (χ1n) is 5.59. The van der Waals surface area contributed by atoms with Gasteiger partial charge in [-0.3, -0.25) is 4.79 Å². The lowest BCUT2D eigenvalue weighted by Crippen LogP contribution is -2.36. The molecule has 0 spiro atoms. The van der Waals surface area contributed by atoms with Gasteiger partial charge >= 0.3 is 0 Å². The summed E-state index contributed by atoms with van der Waals surface area (Å²) in [6.07, 6.45) is 0. The quantitative estimate of drug-likeness (QED) is 0.785. The first-order valence-corrected chi connectivity index (χ1v) is 5.59. The number of carbonyl (C=O) groups excluding carboxylic acids is 1. The molecule has 0 fully saturated rings. The van der Waals surface area contributed by atoms with Crippen molar-refractivity contribution in [2.24, 2.45) is 11.7 Å². The van der Waals surface area contributed by atoms with E-state index in [1.54, 1.807) is 0 Å². The molecule has 1 rings (SSSR count). The zero-order valence-corrected chi connectivity index (χ0v) is 10.4. The smallest absolute Gasteiger partial charge is 0.236 e. The average Bonchev–Trinajstić information content (AvgIpc) is 2.21. The number of amides is 1. The molecule has 0 aromatic heterocycles. The molecule has 0 saturated heterocycles. The van der Waals surface area contributed by atoms with E-state index in [0.29, 0.717) is 12.6 Å². The van der Waals surface area contributed by atoms with Crippen molar-refractivity contribution >= 4 is 17.3 Å². The molecule has 0 aliphatic carbocycles. The second-order valence-corrected chi connectivity index (χ2v) is 4.56. The Balaban J connectivity index is 3.15. The zero-order chi connectivity index (χ0) is 13.9. The fourth-order valence-corrected chi connectivity index (χ4v) is 1.71. The monoisotopic (exact) mass is 257 g/mol. The molecule has 0 bridgehead atoms. The lowest BCUT2D eigenvalue weighted by molar-refractivity contribution is -0.116. The molecule has 1 aromatic rings. The van der Waals surface area contributed by atoms with Gasteiger partial charge in [0.1, 0.15) is 5.82 Å². The average molecular weight is 257 g/mol. The molecular formula is C12H17F2N3O. The fourth-order valence-electron chi connectivity index (χ4n) is 1.71. The van der Waals surface area contributed by atoms with Gasteiger partial charge in [-0.1, -0.05) is 13.8 Å². The number of nitrogens with zero attached hydrogens (tertiary/aromatic N) is 1. The third-order valence-electron chi connectivity index (χ3n) is 2.35. The highest BCUT2D eigenvalue weighted by atomic mass is 19.1. The second-order valence-electron chi connectivity index (χ2n) is 4.56. The molecule has 100 valence electrons. The predicted molar refractivity (Wildman–Crippen MR) is 67.0 cm³/mol. The molecule has 1 aromatic carbocycles. The van der Waals surface area contributed by atoms with Gasteiger partial charge in [-0.05, 0) is 12.0 Å². The van der Waals surface area contributed by atoms with E-state index in [4.69, 9.17) is 11.5 Å². The Morgan fingerprint density at radius 3 is 2.50 bits per heavy atom. The maximum Gasteiger partial charge on any atom is 0.236 e. The van der Waals surface area contributed by atoms with Crippen LogP contribution >= 0.6 is 0 Å². The van der Waals surface area contributed by atoms with E-state index >= 15 is 0 Å². The van der Waals surface area contributed by atoms with Crippen molar-refractivity contribution in [1.29, 1.82) is 0 Å². The fraction of sp³-hybridized carbons (Fsp3) is 0.417. The van der Waals surface area contributed by atoms with Crippen molar-refractivity contribution in [3.8, 4) is 0 Å². The van der Waals surface area contributed by atoms with Gasteiger partial charge in [-0.2, -0.15) is 0 Å². The van der Waals surface area contributed by atoms with Crippen LogP contribution in [0.25, 0.3) is 0 Å². The molecule has 18 heavy (non-hydrogen) atoms. The molecule has 4 nitrogen and oxygen atoms in total. The zero-order valence-electron chi connectivity index (χ0n) is 10.4. The predicted octanol–water partition coefficient (Wildman–Crippen LogP) is 1.49. The Labute approximate surface area is 105 Å². The van der Waals surface area contributed by atoms with Crippen LogP contribution in [0.3, 0.4) is 0 Å². The summed E-state index contributed by atoms with van der Waals surface area (Å²) in [4.78, 5) is 12.5. The van der Waals surface area contributed by atoms with Crippen molar-refractivity contribution in [3.63, 3.8) is 0 Å². The number of anilines is 2. The van der Waals surface area contributed by atoms with E-state index in [2.05, 4.69) is 0 Å². The summed E-state index contributed by atoms with van der Waals surface area (Å²) in [6, 6.07) is 1.81. The number of halogens is 2. The van der Waals surface area contributed by atoms with Gasteiger partial charge in [0.05, 0.1) is 17.9 Å². The lowest BCUT2D eigenvalue weighted by Gasteiger charge is -2.26. The summed E-state index contributed by atoms with van der Waals surface area (Å²) in [7, 11) is 0. The van der Waals surface area contributed by atoms with Gasteiger partial charge in [-0.25, -0.2) is 8.78 Å². The van der Waals surface area contributed by atoms with E-state index in [0.717, 1.165) is 6.07 Å². The van der Waals surface area contributed by atoms with Crippen molar-refractivity contribution in [2.45, 2.75) is 13.8 Å². The van der Waals surface area contributed by atoms with E-state index in [1.165, 1.54) is 4.90 Å². The first-order chi connectivity index (χ1) is 8.31. The van der Waals surface area contributed by atoms with Gasteiger partial charge in [0.15, 0.2) is 5.82 Å². The van der Waals surface area contributed by atoms with Crippen molar-refractivity contribution in [3.05, 3.63) is 23.8 Å². The summed E-state index contributed by atoms with van der Waals surface area (Å²) in [5.41, 5.74) is 10.7. The van der Waals surface area contributed by atoms with Crippen LogP contribution in [0.15, 0.2) is 12.1 Å². The van der Waals surface area contributed by atoms with Gasteiger partial charge in [0.2, 0.25) is 5.91 Å². The van der Waals surface area contributed by atoms with E-state index in [-0.39, 0.29) is 23.8 Å². The van der Waals surface area contributed by atoms with E-state index < -0.39 is 17.5 Å². The van der Waals surface area contributed by atoms with Crippen molar-refractivity contribution in [1.82, 2.24) is 0 Å². The third kappa shape index (κ3) is 3.58. The Kier molecular flexibility index (Phi) is 4.47. The summed E-state index contributed by atoms with van der Waals surface area (Å²) >= 11 is 0. The van der Waals surface area contributed by atoms with Crippen LogP contribution in [-0.4, -0.2) is 19.0 Å². The normalized spacial score (nSPS) is 10.7. The van der Waals surface area contributed by atoms with Crippen LogP contribution in [0.5, 0.6) is 0 Å². The highest BCUT2D eigenvalue weighted by Crippen LogP contribution is 2.27. The van der Waals surface area contributed by atoms with E-state index in [1.807, 2.05) is 13.8 Å². The number of rotatable bonds is 5. The summed E-state index contributed by atoms with van der Waals surface area (Å²) < 4.78 is 26.6. The van der Waals surface area contributed by atoms with Crippen LogP contribution in [0.4, 0.5) is 20.2 Å². The molecule has 0 aliphatic heterocycles. The SMILES string of the molecule is CC(C)CN(CC(N)=O)c1cc(F)cc(F)c1N. The topological polar surface area (TPSA) is 72.3 Å². The highest BCUT2D eigenvalue weighted by molar-refractivity contribution is 5.81. The highest BCUT2D eigenvalue weighted by Gasteiger charge is 2.17. The standard InChI is InChI=1S/C12H17F2N3O/c1-7(2)5-17(6-11(15)18)10-4-8(13)3-9(14)12(10)16/h3-4,7H,5-6,16H2,1-2H3,(H2,15,18). The van der Waals surface area contributed by atoms with Gasteiger partial charge < -0.3 is 16.4 Å². The number of hydrogen-bond donors (Lipinski definition) is 2. The third-order valence-corrected chi connectivity index (χ3v) is 2.35. The second kappa shape index (κ2) is 5.66. The number of benzene rings is 1. The largest absolute Gasteiger partial charge is 0.395 e. The summed E-state index contributed by atoms with van der Waals surface area (Å²) in [5.74, 6) is -1.98. The summed E-state index contributed by atoms with van der Waals surface area (Å²) in [5, 5.41) is 0. The van der Waals surface area contributed by atoms with Gasteiger partial charge in [-0.15, -0.1) is 0 Å². The Hall–Kier alpha value is -1.85. The van der Waals surface area contributed by atoms with Crippen LogP contribution in [0, 0.1) is 17.6 Å². The minimum Gasteiger partial charge on any atom is -0.395 e. The van der Waals surface area contributed by atoms with Gasteiger partial charge in [0.25, 0.3) is 0 Å². The van der Waals surface area contributed by atoms with Crippen molar-refractivity contribution in [2.75, 3.05) is 23.7 Å². The Bertz CT molecular complexity index is 449. The van der Waals surface area contributed by atoms with Crippen LogP contribution in [0.1, 0.15) is 13.8 Å². The maximum absolute atomic E-state index is 13.4. The number of nitrogens with two attached hydrogens (primary N) is 2. The van der Waals surface area contributed by atoms with Crippen molar-refractivity contribution < 1.29 is 13.6 Å². The molecule has 0 radical (unpaired) electrons. The van der Waals surface area contributed by atoms with Crippen LogP contribution in [0.2, 0.25) is 0 Å². The number of carbonyl (C=O) groups is 1. The van der Waals surface area contributed by atoms with E-state index in [9.17, 15) is 13.6 Å². The number of hydrogen-bond acceptors (Lipinski definition) is 3.